The monoisotopic (exact) mass is 346 g/mol. The van der Waals surface area contributed by atoms with E-state index in [2.05, 4.69) is 15.3 Å². The molecule has 0 unspecified atom stereocenters. The van der Waals surface area contributed by atoms with Gasteiger partial charge in [-0.25, -0.2) is 9.97 Å². The van der Waals surface area contributed by atoms with Crippen LogP contribution in [0.2, 0.25) is 5.02 Å². The largest absolute Gasteiger partial charge is 0.368 e. The topological polar surface area (TPSA) is 80.9 Å². The number of halogens is 1. The minimum atomic E-state index is -0.130. The predicted molar refractivity (Wildman–Crippen MR) is 95.0 cm³/mol. The lowest BCUT2D eigenvalue weighted by Gasteiger charge is -2.06. The van der Waals surface area contributed by atoms with E-state index in [0.717, 1.165) is 16.5 Å². The molecule has 5 nitrogen and oxygen atoms in total. The van der Waals surface area contributed by atoms with Gasteiger partial charge in [-0.1, -0.05) is 23.7 Å². The molecule has 1 aromatic carbocycles. The summed E-state index contributed by atoms with van der Waals surface area (Å²) in [5.41, 5.74) is 8.30. The molecule has 3 rings (SSSR count). The molecular weight excluding hydrogens is 332 g/mol. The van der Waals surface area contributed by atoms with E-state index in [1.54, 1.807) is 6.07 Å². The molecule has 0 aliphatic carbocycles. The molecule has 0 aliphatic rings. The van der Waals surface area contributed by atoms with E-state index >= 15 is 0 Å². The predicted octanol–water partition coefficient (Wildman–Crippen LogP) is 3.65. The maximum atomic E-state index is 12.1. The lowest BCUT2D eigenvalue weighted by molar-refractivity contribution is 0.0960. The Balaban J connectivity index is 2.22. The van der Waals surface area contributed by atoms with Gasteiger partial charge in [-0.2, -0.15) is 0 Å². The lowest BCUT2D eigenvalue weighted by Crippen LogP contribution is -2.21. The van der Waals surface area contributed by atoms with Crippen LogP contribution >= 0.6 is 22.9 Å². The maximum absolute atomic E-state index is 12.1. The molecule has 2 heterocycles. The second kappa shape index (κ2) is 6.14. The number of fused-ring (bicyclic) bond motifs is 1. The summed E-state index contributed by atoms with van der Waals surface area (Å²) in [6.07, 6.45) is 0. The molecule has 0 saturated carbocycles. The van der Waals surface area contributed by atoms with Gasteiger partial charge in [-0.05, 0) is 31.5 Å². The standard InChI is InChI=1S/C16H15ClN4OS/c1-3-19-14(22)12-7-10-13(20-16(18)21-15(10)23-12)9-5-4-8(2)6-11(9)17/h4-7H,3H2,1-2H3,(H,19,22)(H2,18,20,21). The maximum Gasteiger partial charge on any atom is 0.261 e. The summed E-state index contributed by atoms with van der Waals surface area (Å²) >= 11 is 7.65. The smallest absolute Gasteiger partial charge is 0.261 e. The van der Waals surface area contributed by atoms with Crippen molar-refractivity contribution >= 4 is 45.0 Å². The van der Waals surface area contributed by atoms with Crippen LogP contribution in [0, 0.1) is 6.92 Å². The number of aromatic nitrogens is 2. The van der Waals surface area contributed by atoms with Crippen molar-refractivity contribution in [2.75, 3.05) is 12.3 Å². The zero-order valence-corrected chi connectivity index (χ0v) is 14.3. The number of hydrogen-bond donors (Lipinski definition) is 2. The second-order valence-electron chi connectivity index (χ2n) is 5.10. The first kappa shape index (κ1) is 15.7. The highest BCUT2D eigenvalue weighted by Crippen LogP contribution is 2.36. The van der Waals surface area contributed by atoms with Crippen LogP contribution in [0.15, 0.2) is 24.3 Å². The van der Waals surface area contributed by atoms with Crippen molar-refractivity contribution in [3.05, 3.63) is 39.7 Å². The number of aryl methyl sites for hydroxylation is 1. The zero-order chi connectivity index (χ0) is 16.6. The van der Waals surface area contributed by atoms with Crippen molar-refractivity contribution in [3.63, 3.8) is 0 Å². The summed E-state index contributed by atoms with van der Waals surface area (Å²) < 4.78 is 0. The van der Waals surface area contributed by atoms with Crippen molar-refractivity contribution in [3.8, 4) is 11.3 Å². The van der Waals surface area contributed by atoms with Gasteiger partial charge in [-0.15, -0.1) is 11.3 Å². The number of hydrogen-bond acceptors (Lipinski definition) is 5. The number of rotatable bonds is 3. The third-order valence-electron chi connectivity index (χ3n) is 3.35. The van der Waals surface area contributed by atoms with E-state index in [-0.39, 0.29) is 11.9 Å². The zero-order valence-electron chi connectivity index (χ0n) is 12.7. The second-order valence-corrected chi connectivity index (χ2v) is 6.54. The summed E-state index contributed by atoms with van der Waals surface area (Å²) in [5.74, 6) is 0.0310. The van der Waals surface area contributed by atoms with Crippen LogP contribution < -0.4 is 11.1 Å². The minimum Gasteiger partial charge on any atom is -0.368 e. The van der Waals surface area contributed by atoms with Crippen molar-refractivity contribution < 1.29 is 4.79 Å². The number of anilines is 1. The van der Waals surface area contributed by atoms with Gasteiger partial charge in [-0.3, -0.25) is 4.79 Å². The van der Waals surface area contributed by atoms with Gasteiger partial charge >= 0.3 is 0 Å². The molecule has 0 atom stereocenters. The minimum absolute atomic E-state index is 0.130. The highest BCUT2D eigenvalue weighted by Gasteiger charge is 2.17. The van der Waals surface area contributed by atoms with Crippen molar-refractivity contribution in [1.29, 1.82) is 0 Å². The normalized spacial score (nSPS) is 10.9. The molecule has 0 saturated heterocycles. The van der Waals surface area contributed by atoms with Crippen LogP contribution in [-0.2, 0) is 0 Å². The number of benzene rings is 1. The number of nitrogen functional groups attached to an aromatic ring is 1. The Morgan fingerprint density at radius 1 is 1.35 bits per heavy atom. The highest BCUT2D eigenvalue weighted by atomic mass is 35.5. The Morgan fingerprint density at radius 2 is 2.13 bits per heavy atom. The van der Waals surface area contributed by atoms with Gasteiger partial charge in [0.25, 0.3) is 5.91 Å². The number of amides is 1. The summed E-state index contributed by atoms with van der Waals surface area (Å²) in [6.45, 7) is 4.41. The third-order valence-corrected chi connectivity index (χ3v) is 4.69. The summed E-state index contributed by atoms with van der Waals surface area (Å²) in [6, 6.07) is 7.53. The summed E-state index contributed by atoms with van der Waals surface area (Å²) in [5, 5.41) is 4.15. The Bertz CT molecular complexity index is 906. The van der Waals surface area contributed by atoms with Crippen LogP contribution in [0.25, 0.3) is 21.5 Å². The van der Waals surface area contributed by atoms with E-state index in [1.165, 1.54) is 11.3 Å². The van der Waals surface area contributed by atoms with Crippen LogP contribution in [0.4, 0.5) is 5.95 Å². The van der Waals surface area contributed by atoms with Gasteiger partial charge in [0.15, 0.2) is 0 Å². The number of thiophene rings is 1. The van der Waals surface area contributed by atoms with Crippen molar-refractivity contribution in [2.45, 2.75) is 13.8 Å². The molecule has 0 spiro atoms. The molecule has 23 heavy (non-hydrogen) atoms. The third kappa shape index (κ3) is 3.00. The SMILES string of the molecule is CCNC(=O)c1cc2c(-c3ccc(C)cc3Cl)nc(N)nc2s1. The van der Waals surface area contributed by atoms with E-state index < -0.39 is 0 Å². The molecular formula is C16H15ClN4OS. The summed E-state index contributed by atoms with van der Waals surface area (Å²) in [4.78, 5) is 21.9. The molecule has 0 aliphatic heterocycles. The van der Waals surface area contributed by atoms with Crippen LogP contribution in [0.1, 0.15) is 22.2 Å². The van der Waals surface area contributed by atoms with Crippen LogP contribution in [-0.4, -0.2) is 22.4 Å². The first-order chi connectivity index (χ1) is 11.0. The molecule has 0 fully saturated rings. The number of carbonyl (C=O) groups is 1. The van der Waals surface area contributed by atoms with E-state index in [0.29, 0.717) is 27.0 Å². The van der Waals surface area contributed by atoms with Crippen molar-refractivity contribution in [2.24, 2.45) is 0 Å². The first-order valence-electron chi connectivity index (χ1n) is 7.11. The Kier molecular flexibility index (Phi) is 4.19. The molecule has 7 heteroatoms. The van der Waals surface area contributed by atoms with Gasteiger partial charge in [0.2, 0.25) is 5.95 Å². The Hall–Kier alpha value is -2.18. The number of nitrogens with two attached hydrogens (primary N) is 1. The van der Waals surface area contributed by atoms with E-state index in [1.807, 2.05) is 32.0 Å². The number of carbonyl (C=O) groups excluding carboxylic acids is 1. The Labute approximate surface area is 142 Å². The molecule has 3 N–H and O–H groups in total. The van der Waals surface area contributed by atoms with Crippen molar-refractivity contribution in [1.82, 2.24) is 15.3 Å². The number of nitrogens with zero attached hydrogens (tertiary/aromatic N) is 2. The van der Waals surface area contributed by atoms with Gasteiger partial charge in [0, 0.05) is 17.5 Å². The molecule has 118 valence electrons. The first-order valence-corrected chi connectivity index (χ1v) is 8.30. The van der Waals surface area contributed by atoms with Gasteiger partial charge in [0.1, 0.15) is 4.83 Å². The molecule has 0 radical (unpaired) electrons. The quantitative estimate of drug-likeness (QED) is 0.758. The fourth-order valence-corrected chi connectivity index (χ4v) is 3.59. The van der Waals surface area contributed by atoms with Gasteiger partial charge < -0.3 is 11.1 Å². The molecule has 0 bridgehead atoms. The molecule has 2 aromatic heterocycles. The van der Waals surface area contributed by atoms with E-state index in [4.69, 9.17) is 17.3 Å². The lowest BCUT2D eigenvalue weighted by atomic mass is 10.1. The summed E-state index contributed by atoms with van der Waals surface area (Å²) in [7, 11) is 0. The molecule has 3 aromatic rings. The number of nitrogens with one attached hydrogen (secondary N) is 1. The Morgan fingerprint density at radius 3 is 2.83 bits per heavy atom. The van der Waals surface area contributed by atoms with E-state index in [9.17, 15) is 4.79 Å². The van der Waals surface area contributed by atoms with Gasteiger partial charge in [0.05, 0.1) is 15.6 Å². The average molecular weight is 347 g/mol. The van der Waals surface area contributed by atoms with Crippen LogP contribution in [0.3, 0.4) is 0 Å². The highest BCUT2D eigenvalue weighted by molar-refractivity contribution is 7.20. The molecule has 1 amide bonds. The average Bonchev–Trinajstić information content (AvgIpc) is 2.91. The fraction of sp³-hybridized carbons (Fsp3) is 0.188. The fourth-order valence-electron chi connectivity index (χ4n) is 2.31. The van der Waals surface area contributed by atoms with Crippen LogP contribution in [0.5, 0.6) is 0 Å².